The lowest BCUT2D eigenvalue weighted by molar-refractivity contribution is 0.415. The maximum absolute atomic E-state index is 13.5. The van der Waals surface area contributed by atoms with Gasteiger partial charge in [-0.25, -0.2) is 12.7 Å². The summed E-state index contributed by atoms with van der Waals surface area (Å²) in [6.45, 7) is 1.91. The molecule has 0 atom stereocenters. The number of methoxy groups -OCH3 is 2. The molecule has 3 aromatic carbocycles. The van der Waals surface area contributed by atoms with Crippen LogP contribution in [0.25, 0.3) is 0 Å². The highest BCUT2D eigenvalue weighted by Gasteiger charge is 2.27. The Morgan fingerprint density at radius 2 is 1.22 bits per heavy atom. The van der Waals surface area contributed by atoms with Crippen molar-refractivity contribution in [3.05, 3.63) is 78.4 Å². The molecule has 0 aliphatic rings. The van der Waals surface area contributed by atoms with E-state index in [-0.39, 0.29) is 4.90 Å². The first-order chi connectivity index (χ1) is 13.0. The molecule has 0 spiro atoms. The van der Waals surface area contributed by atoms with E-state index in [1.54, 1.807) is 87.0 Å². The van der Waals surface area contributed by atoms with Crippen molar-refractivity contribution in [1.29, 1.82) is 0 Å². The molecular formula is C21H21NO4S. The van der Waals surface area contributed by atoms with E-state index in [9.17, 15) is 8.42 Å². The van der Waals surface area contributed by atoms with Crippen LogP contribution in [0.1, 0.15) is 5.56 Å². The second kappa shape index (κ2) is 7.72. The second-order valence-electron chi connectivity index (χ2n) is 5.99. The van der Waals surface area contributed by atoms with Crippen molar-refractivity contribution >= 4 is 21.4 Å². The molecule has 0 bridgehead atoms. The van der Waals surface area contributed by atoms with Crippen molar-refractivity contribution in [3.8, 4) is 11.5 Å². The van der Waals surface area contributed by atoms with Crippen LogP contribution in [0, 0.1) is 6.92 Å². The summed E-state index contributed by atoms with van der Waals surface area (Å²) in [4.78, 5) is 0.207. The lowest BCUT2D eigenvalue weighted by atomic mass is 10.2. The molecule has 0 fully saturated rings. The number of rotatable bonds is 6. The summed E-state index contributed by atoms with van der Waals surface area (Å²) in [5.41, 5.74) is 1.94. The van der Waals surface area contributed by atoms with Gasteiger partial charge in [-0.05, 0) is 43.3 Å². The van der Waals surface area contributed by atoms with Gasteiger partial charge >= 0.3 is 0 Å². The molecule has 0 aliphatic carbocycles. The fraction of sp³-hybridized carbons (Fsp3) is 0.143. The molecule has 27 heavy (non-hydrogen) atoms. The third-order valence-corrected chi connectivity index (χ3v) is 5.91. The van der Waals surface area contributed by atoms with Crippen LogP contribution in [0.3, 0.4) is 0 Å². The van der Waals surface area contributed by atoms with Gasteiger partial charge in [-0.2, -0.15) is 0 Å². The maximum atomic E-state index is 13.5. The van der Waals surface area contributed by atoms with Crippen molar-refractivity contribution in [2.75, 3.05) is 18.5 Å². The molecule has 3 rings (SSSR count). The molecule has 0 N–H and O–H groups in total. The Labute approximate surface area is 159 Å². The number of hydrogen-bond donors (Lipinski definition) is 0. The molecule has 0 aliphatic heterocycles. The minimum atomic E-state index is -3.85. The standard InChI is InChI=1S/C21H21NO4S/c1-16-10-12-21(13-11-16)27(23,24)22(17-6-4-8-19(14-17)25-2)18-7-5-9-20(15-18)26-3/h4-15H,1-3H3. The van der Waals surface area contributed by atoms with Crippen LogP contribution < -0.4 is 13.8 Å². The number of ether oxygens (including phenoxy) is 2. The molecule has 0 heterocycles. The van der Waals surface area contributed by atoms with Gasteiger partial charge in [-0.15, -0.1) is 0 Å². The molecule has 0 saturated heterocycles. The Bertz CT molecular complexity index is 983. The van der Waals surface area contributed by atoms with Gasteiger partial charge in [0.2, 0.25) is 0 Å². The van der Waals surface area contributed by atoms with Gasteiger partial charge in [0.05, 0.1) is 30.5 Å². The van der Waals surface area contributed by atoms with Crippen LogP contribution in [-0.4, -0.2) is 22.6 Å². The van der Waals surface area contributed by atoms with Gasteiger partial charge in [0.15, 0.2) is 0 Å². The normalized spacial score (nSPS) is 11.1. The molecule has 3 aromatic rings. The average molecular weight is 383 g/mol. The van der Waals surface area contributed by atoms with Crippen LogP contribution in [0.4, 0.5) is 11.4 Å². The van der Waals surface area contributed by atoms with Crippen molar-refractivity contribution in [1.82, 2.24) is 0 Å². The third kappa shape index (κ3) is 3.90. The smallest absolute Gasteiger partial charge is 0.268 e. The van der Waals surface area contributed by atoms with E-state index >= 15 is 0 Å². The molecule has 140 valence electrons. The van der Waals surface area contributed by atoms with Gasteiger partial charge in [0, 0.05) is 12.1 Å². The minimum absolute atomic E-state index is 0.207. The van der Waals surface area contributed by atoms with E-state index in [0.29, 0.717) is 22.9 Å². The largest absolute Gasteiger partial charge is 0.497 e. The fourth-order valence-electron chi connectivity index (χ4n) is 2.72. The van der Waals surface area contributed by atoms with Crippen molar-refractivity contribution in [3.63, 3.8) is 0 Å². The van der Waals surface area contributed by atoms with Crippen molar-refractivity contribution in [2.45, 2.75) is 11.8 Å². The highest BCUT2D eigenvalue weighted by atomic mass is 32.2. The Kier molecular flexibility index (Phi) is 5.37. The van der Waals surface area contributed by atoms with Crippen LogP contribution in [0.15, 0.2) is 77.7 Å². The van der Waals surface area contributed by atoms with Crippen LogP contribution in [0.2, 0.25) is 0 Å². The zero-order valence-electron chi connectivity index (χ0n) is 15.4. The topological polar surface area (TPSA) is 55.8 Å². The van der Waals surface area contributed by atoms with E-state index in [2.05, 4.69) is 0 Å². The predicted molar refractivity (Wildman–Crippen MR) is 106 cm³/mol. The maximum Gasteiger partial charge on any atom is 0.268 e. The molecule has 0 radical (unpaired) electrons. The molecule has 0 aromatic heterocycles. The van der Waals surface area contributed by atoms with Gasteiger partial charge in [0.25, 0.3) is 10.0 Å². The van der Waals surface area contributed by atoms with E-state index in [4.69, 9.17) is 9.47 Å². The zero-order chi connectivity index (χ0) is 19.4. The van der Waals surface area contributed by atoms with Crippen LogP contribution in [-0.2, 0) is 10.0 Å². The predicted octanol–water partition coefficient (Wildman–Crippen LogP) is 4.54. The molecule has 0 unspecified atom stereocenters. The highest BCUT2D eigenvalue weighted by Crippen LogP contribution is 2.35. The first kappa shape index (κ1) is 18.8. The summed E-state index contributed by atoms with van der Waals surface area (Å²) in [7, 11) is -0.761. The molecular weight excluding hydrogens is 362 g/mol. The Balaban J connectivity index is 2.21. The SMILES string of the molecule is COc1cccc(N(c2cccc(OC)c2)S(=O)(=O)c2ccc(C)cc2)c1. The third-order valence-electron chi connectivity index (χ3n) is 4.13. The van der Waals surface area contributed by atoms with Crippen molar-refractivity contribution < 1.29 is 17.9 Å². The first-order valence-corrected chi connectivity index (χ1v) is 9.80. The van der Waals surface area contributed by atoms with E-state index in [0.717, 1.165) is 5.56 Å². The van der Waals surface area contributed by atoms with Gasteiger partial charge < -0.3 is 9.47 Å². The summed E-state index contributed by atoms with van der Waals surface area (Å²) < 4.78 is 38.8. The second-order valence-corrected chi connectivity index (χ2v) is 7.77. The first-order valence-electron chi connectivity index (χ1n) is 8.36. The quantitative estimate of drug-likeness (QED) is 0.627. The molecule has 5 nitrogen and oxygen atoms in total. The van der Waals surface area contributed by atoms with Crippen molar-refractivity contribution in [2.24, 2.45) is 0 Å². The molecule has 6 heteroatoms. The van der Waals surface area contributed by atoms with E-state index in [1.165, 1.54) is 4.31 Å². The lowest BCUT2D eigenvalue weighted by Gasteiger charge is -2.25. The van der Waals surface area contributed by atoms with Gasteiger partial charge in [-0.1, -0.05) is 29.8 Å². The monoisotopic (exact) mass is 383 g/mol. The molecule has 0 saturated carbocycles. The van der Waals surface area contributed by atoms with Gasteiger partial charge in [0.1, 0.15) is 11.5 Å². The Morgan fingerprint density at radius 3 is 1.67 bits per heavy atom. The summed E-state index contributed by atoms with van der Waals surface area (Å²) in [5.74, 6) is 1.14. The van der Waals surface area contributed by atoms with Gasteiger partial charge in [-0.3, -0.25) is 0 Å². The number of anilines is 2. The van der Waals surface area contributed by atoms with Crippen LogP contribution in [0.5, 0.6) is 11.5 Å². The number of sulfonamides is 1. The Morgan fingerprint density at radius 1 is 0.741 bits per heavy atom. The van der Waals surface area contributed by atoms with Crippen LogP contribution >= 0.6 is 0 Å². The van der Waals surface area contributed by atoms with E-state index < -0.39 is 10.0 Å². The summed E-state index contributed by atoms with van der Waals surface area (Å²) in [6, 6.07) is 20.7. The summed E-state index contributed by atoms with van der Waals surface area (Å²) in [6.07, 6.45) is 0. The fourth-order valence-corrected chi connectivity index (χ4v) is 4.19. The minimum Gasteiger partial charge on any atom is -0.497 e. The number of nitrogens with zero attached hydrogens (tertiary/aromatic N) is 1. The highest BCUT2D eigenvalue weighted by molar-refractivity contribution is 7.93. The number of aryl methyl sites for hydroxylation is 1. The number of benzene rings is 3. The summed E-state index contributed by atoms with van der Waals surface area (Å²) >= 11 is 0. The number of hydrogen-bond acceptors (Lipinski definition) is 4. The summed E-state index contributed by atoms with van der Waals surface area (Å²) in [5, 5.41) is 0. The lowest BCUT2D eigenvalue weighted by Crippen LogP contribution is -2.26. The zero-order valence-corrected chi connectivity index (χ0v) is 16.2. The van der Waals surface area contributed by atoms with E-state index in [1.807, 2.05) is 6.92 Å². The molecule has 0 amide bonds. The Hall–Kier alpha value is -2.99. The average Bonchev–Trinajstić information content (AvgIpc) is 2.68.